The third-order valence-electron chi connectivity index (χ3n) is 7.58. The predicted octanol–water partition coefficient (Wildman–Crippen LogP) is 7.72. The van der Waals surface area contributed by atoms with Gasteiger partial charge in [0.2, 0.25) is 0 Å². The van der Waals surface area contributed by atoms with E-state index in [-0.39, 0.29) is 12.0 Å². The normalized spacial score (nSPS) is 17.3. The second-order valence-electron chi connectivity index (χ2n) is 12.1. The Labute approximate surface area is 260 Å². The maximum Gasteiger partial charge on any atom is 0.528 e. The lowest BCUT2D eigenvalue weighted by atomic mass is 9.87. The number of benzene rings is 4. The SMILES string of the molecule is CC(C)(C)OC(=O)ON1CCC(c2ccc(OCCOCCc3ccccc3)cc2)C(OCc2ccc3ccccc3c2)C1. The van der Waals surface area contributed by atoms with Gasteiger partial charge in [-0.05, 0) is 79.3 Å². The number of hydrogen-bond acceptors (Lipinski definition) is 7. The highest BCUT2D eigenvalue weighted by molar-refractivity contribution is 5.82. The van der Waals surface area contributed by atoms with E-state index in [4.69, 9.17) is 23.8 Å². The number of rotatable bonds is 12. The van der Waals surface area contributed by atoms with Crippen molar-refractivity contribution in [2.75, 3.05) is 32.9 Å². The summed E-state index contributed by atoms with van der Waals surface area (Å²) in [6.45, 7) is 8.64. The summed E-state index contributed by atoms with van der Waals surface area (Å²) in [5, 5.41) is 4.04. The van der Waals surface area contributed by atoms with Gasteiger partial charge in [-0.15, -0.1) is 5.06 Å². The van der Waals surface area contributed by atoms with E-state index in [9.17, 15) is 4.79 Å². The molecule has 1 fully saturated rings. The highest BCUT2D eigenvalue weighted by Gasteiger charge is 2.34. The van der Waals surface area contributed by atoms with Crippen molar-refractivity contribution in [3.63, 3.8) is 0 Å². The number of piperidine rings is 1. The van der Waals surface area contributed by atoms with Gasteiger partial charge < -0.3 is 23.8 Å². The number of hydrogen-bond donors (Lipinski definition) is 0. The van der Waals surface area contributed by atoms with E-state index in [0.29, 0.717) is 39.5 Å². The van der Waals surface area contributed by atoms with Crippen LogP contribution < -0.4 is 4.74 Å². The molecule has 1 aliphatic rings. The summed E-state index contributed by atoms with van der Waals surface area (Å²) in [5.41, 5.74) is 2.91. The molecule has 2 unspecified atom stereocenters. The Hall–Kier alpha value is -3.91. The van der Waals surface area contributed by atoms with Crippen LogP contribution >= 0.6 is 0 Å². The van der Waals surface area contributed by atoms with Crippen LogP contribution in [-0.2, 0) is 32.1 Å². The lowest BCUT2D eigenvalue weighted by Gasteiger charge is -2.37. The van der Waals surface area contributed by atoms with E-state index in [0.717, 1.165) is 29.7 Å². The highest BCUT2D eigenvalue weighted by Crippen LogP contribution is 2.33. The van der Waals surface area contributed by atoms with Crippen molar-refractivity contribution in [2.45, 2.75) is 57.8 Å². The predicted molar refractivity (Wildman–Crippen MR) is 172 cm³/mol. The fourth-order valence-electron chi connectivity index (χ4n) is 5.39. The summed E-state index contributed by atoms with van der Waals surface area (Å²) in [7, 11) is 0. The molecule has 7 heteroatoms. The van der Waals surface area contributed by atoms with Crippen LogP contribution in [0.5, 0.6) is 5.75 Å². The molecule has 0 saturated carbocycles. The number of fused-ring (bicyclic) bond motifs is 1. The van der Waals surface area contributed by atoms with Gasteiger partial charge >= 0.3 is 6.16 Å². The molecule has 4 aromatic carbocycles. The van der Waals surface area contributed by atoms with E-state index >= 15 is 0 Å². The Kier molecular flexibility index (Phi) is 10.9. The molecule has 2 atom stereocenters. The van der Waals surface area contributed by atoms with Gasteiger partial charge in [-0.1, -0.05) is 78.9 Å². The van der Waals surface area contributed by atoms with Crippen molar-refractivity contribution in [3.05, 3.63) is 114 Å². The lowest BCUT2D eigenvalue weighted by Crippen LogP contribution is -2.45. The Morgan fingerprint density at radius 3 is 2.34 bits per heavy atom. The van der Waals surface area contributed by atoms with E-state index in [1.165, 1.54) is 16.3 Å². The van der Waals surface area contributed by atoms with Gasteiger partial charge in [-0.25, -0.2) is 4.79 Å². The molecule has 1 aliphatic heterocycles. The van der Waals surface area contributed by atoms with Crippen molar-refractivity contribution >= 4 is 16.9 Å². The minimum absolute atomic E-state index is 0.129. The Bertz CT molecular complexity index is 1470. The monoisotopic (exact) mass is 597 g/mol. The Morgan fingerprint density at radius 1 is 0.818 bits per heavy atom. The molecule has 1 saturated heterocycles. The first kappa shape index (κ1) is 31.5. The van der Waals surface area contributed by atoms with Gasteiger partial charge in [0.05, 0.1) is 32.5 Å². The van der Waals surface area contributed by atoms with Gasteiger partial charge in [0.15, 0.2) is 0 Å². The first-order chi connectivity index (χ1) is 21.3. The molecular formula is C37H43NO6. The molecule has 0 amide bonds. The number of carbonyl (C=O) groups is 1. The van der Waals surface area contributed by atoms with Crippen LogP contribution in [0.1, 0.15) is 49.8 Å². The van der Waals surface area contributed by atoms with Crippen molar-refractivity contribution in [3.8, 4) is 5.75 Å². The molecule has 0 aromatic heterocycles. The third-order valence-corrected chi connectivity index (χ3v) is 7.58. The second-order valence-corrected chi connectivity index (χ2v) is 12.1. The molecule has 0 bridgehead atoms. The van der Waals surface area contributed by atoms with Gasteiger partial charge in [0.1, 0.15) is 18.0 Å². The van der Waals surface area contributed by atoms with Gasteiger partial charge in [0.25, 0.3) is 0 Å². The summed E-state index contributed by atoms with van der Waals surface area (Å²) >= 11 is 0. The van der Waals surface area contributed by atoms with Crippen LogP contribution in [0.3, 0.4) is 0 Å². The molecular weight excluding hydrogens is 554 g/mol. The molecule has 0 aliphatic carbocycles. The summed E-state index contributed by atoms with van der Waals surface area (Å²) < 4.78 is 23.6. The standard InChI is InChI=1S/C37H43NO6/c1-37(2,3)43-36(39)44-38-21-19-34(35(26-38)42-27-29-13-14-30-11-7-8-12-32(30)25-29)31-15-17-33(18-16-31)41-24-23-40-22-20-28-9-5-4-6-10-28/h4-18,25,34-35H,19-24,26-27H2,1-3H3. The number of ether oxygens (including phenoxy) is 4. The van der Waals surface area contributed by atoms with Crippen LogP contribution in [0.2, 0.25) is 0 Å². The first-order valence-electron chi connectivity index (χ1n) is 15.4. The molecule has 0 spiro atoms. The summed E-state index contributed by atoms with van der Waals surface area (Å²) in [4.78, 5) is 18.0. The van der Waals surface area contributed by atoms with Crippen LogP contribution in [0.25, 0.3) is 10.8 Å². The zero-order chi connectivity index (χ0) is 30.8. The molecule has 0 radical (unpaired) electrons. The van der Waals surface area contributed by atoms with Crippen LogP contribution in [0.15, 0.2) is 97.1 Å². The van der Waals surface area contributed by atoms with Crippen molar-refractivity contribution in [1.82, 2.24) is 5.06 Å². The Balaban J connectivity index is 1.17. The minimum Gasteiger partial charge on any atom is -0.491 e. The first-order valence-corrected chi connectivity index (χ1v) is 15.4. The number of nitrogens with zero attached hydrogens (tertiary/aromatic N) is 1. The van der Waals surface area contributed by atoms with Gasteiger partial charge in [-0.2, -0.15) is 0 Å². The fraction of sp³-hybridized carbons (Fsp3) is 0.378. The fourth-order valence-corrected chi connectivity index (χ4v) is 5.39. The van der Waals surface area contributed by atoms with Crippen LogP contribution in [-0.4, -0.2) is 55.8 Å². The Morgan fingerprint density at radius 2 is 1.57 bits per heavy atom. The molecule has 7 nitrogen and oxygen atoms in total. The van der Waals surface area contributed by atoms with Gasteiger partial charge in [0, 0.05) is 12.5 Å². The average molecular weight is 598 g/mol. The topological polar surface area (TPSA) is 66.5 Å². The zero-order valence-corrected chi connectivity index (χ0v) is 25.9. The maximum atomic E-state index is 12.4. The van der Waals surface area contributed by atoms with E-state index < -0.39 is 11.8 Å². The van der Waals surface area contributed by atoms with E-state index in [1.54, 1.807) is 5.06 Å². The molecule has 4 aromatic rings. The minimum atomic E-state index is -0.699. The molecule has 232 valence electrons. The van der Waals surface area contributed by atoms with Gasteiger partial charge in [-0.3, -0.25) is 0 Å². The highest BCUT2D eigenvalue weighted by atomic mass is 16.8. The summed E-state index contributed by atoms with van der Waals surface area (Å²) in [5.74, 6) is 0.934. The van der Waals surface area contributed by atoms with E-state index in [2.05, 4.69) is 54.6 Å². The maximum absolute atomic E-state index is 12.4. The van der Waals surface area contributed by atoms with Crippen LogP contribution in [0, 0.1) is 0 Å². The zero-order valence-electron chi connectivity index (χ0n) is 25.9. The molecule has 5 rings (SSSR count). The molecule has 44 heavy (non-hydrogen) atoms. The molecule has 1 heterocycles. The average Bonchev–Trinajstić information content (AvgIpc) is 3.01. The lowest BCUT2D eigenvalue weighted by molar-refractivity contribution is -0.179. The number of carbonyl (C=O) groups excluding carboxylic acids is 1. The quantitative estimate of drug-likeness (QED) is 0.122. The van der Waals surface area contributed by atoms with E-state index in [1.807, 2.05) is 63.2 Å². The molecule has 0 N–H and O–H groups in total. The largest absolute Gasteiger partial charge is 0.528 e. The second kappa shape index (κ2) is 15.2. The van der Waals surface area contributed by atoms with Crippen molar-refractivity contribution in [2.24, 2.45) is 0 Å². The third kappa shape index (κ3) is 9.55. The van der Waals surface area contributed by atoms with Crippen molar-refractivity contribution < 1.29 is 28.6 Å². The summed E-state index contributed by atoms with van der Waals surface area (Å²) in [6, 6.07) is 33.2. The summed E-state index contributed by atoms with van der Waals surface area (Å²) in [6.07, 6.45) is 0.763. The van der Waals surface area contributed by atoms with Crippen LogP contribution in [0.4, 0.5) is 4.79 Å². The van der Waals surface area contributed by atoms with Crippen molar-refractivity contribution in [1.29, 1.82) is 0 Å². The smallest absolute Gasteiger partial charge is 0.491 e. The number of hydroxylamine groups is 2.